The molecule has 0 unspecified atom stereocenters. The summed E-state index contributed by atoms with van der Waals surface area (Å²) in [5.74, 6) is 0.535. The third-order valence-corrected chi connectivity index (χ3v) is 8.43. The predicted octanol–water partition coefficient (Wildman–Crippen LogP) is 8.97. The summed E-state index contributed by atoms with van der Waals surface area (Å²) in [7, 11) is 0. The molecule has 2 N–H and O–H groups in total. The minimum absolute atomic E-state index is 0.139. The Bertz CT molecular complexity index is 1960. The van der Waals surface area contributed by atoms with Crippen LogP contribution in [0.3, 0.4) is 0 Å². The van der Waals surface area contributed by atoms with Crippen LogP contribution >= 0.6 is 23.2 Å². The number of H-pyrrole nitrogens is 1. The van der Waals surface area contributed by atoms with Crippen molar-refractivity contribution < 1.29 is 13.9 Å². The highest BCUT2D eigenvalue weighted by Crippen LogP contribution is 2.37. The number of nitrogens with zero attached hydrogens (tertiary/aromatic N) is 3. The summed E-state index contributed by atoms with van der Waals surface area (Å²) in [4.78, 5) is 25.9. The van der Waals surface area contributed by atoms with Gasteiger partial charge in [0.15, 0.2) is 0 Å². The molecule has 43 heavy (non-hydrogen) atoms. The Balaban J connectivity index is 1.21. The van der Waals surface area contributed by atoms with Crippen LogP contribution in [0.2, 0.25) is 10.0 Å². The zero-order valence-electron chi connectivity index (χ0n) is 22.9. The van der Waals surface area contributed by atoms with Crippen molar-refractivity contribution >= 4 is 57.1 Å². The highest BCUT2D eigenvalue weighted by Gasteiger charge is 2.25. The van der Waals surface area contributed by atoms with Crippen molar-refractivity contribution in [3.8, 4) is 17.1 Å². The van der Waals surface area contributed by atoms with E-state index in [0.717, 1.165) is 48.0 Å². The molecule has 0 atom stereocenters. The van der Waals surface area contributed by atoms with Crippen LogP contribution in [0.4, 0.5) is 10.3 Å². The summed E-state index contributed by atoms with van der Waals surface area (Å²) in [6, 6.07) is 23.6. The lowest BCUT2D eigenvalue weighted by atomic mass is 10.2. The van der Waals surface area contributed by atoms with E-state index in [0.29, 0.717) is 29.2 Å². The number of benzene rings is 4. The summed E-state index contributed by atoms with van der Waals surface area (Å²) >= 11 is 12.8. The van der Waals surface area contributed by atoms with Crippen LogP contribution in [0.5, 0.6) is 5.75 Å². The number of hydrogen-bond acceptors (Lipinski definition) is 4. The molecular formula is C33H26Cl2FN5O2. The first-order valence-electron chi connectivity index (χ1n) is 14.1. The molecule has 1 saturated carbocycles. The van der Waals surface area contributed by atoms with Crippen molar-refractivity contribution in [2.75, 3.05) is 5.32 Å². The maximum absolute atomic E-state index is 14.6. The van der Waals surface area contributed by atoms with Crippen LogP contribution in [0.25, 0.3) is 33.5 Å². The molecule has 0 radical (unpaired) electrons. The lowest BCUT2D eigenvalue weighted by molar-refractivity contribution is 0.102. The highest BCUT2D eigenvalue weighted by atomic mass is 35.5. The fourth-order valence-corrected chi connectivity index (χ4v) is 6.26. The van der Waals surface area contributed by atoms with Crippen LogP contribution < -0.4 is 10.1 Å². The van der Waals surface area contributed by atoms with Crippen LogP contribution in [0.15, 0.2) is 78.9 Å². The molecule has 0 saturated heterocycles. The Morgan fingerprint density at radius 2 is 1.79 bits per heavy atom. The third kappa shape index (κ3) is 5.32. The Kier molecular flexibility index (Phi) is 7.24. The van der Waals surface area contributed by atoms with E-state index >= 15 is 0 Å². The minimum Gasteiger partial charge on any atom is -0.489 e. The Morgan fingerprint density at radius 3 is 2.58 bits per heavy atom. The molecule has 216 valence electrons. The maximum atomic E-state index is 14.6. The fraction of sp³-hybridized carbons (Fsp3) is 0.182. The Morgan fingerprint density at radius 1 is 0.977 bits per heavy atom. The van der Waals surface area contributed by atoms with Gasteiger partial charge < -0.3 is 14.3 Å². The van der Waals surface area contributed by atoms with Gasteiger partial charge in [-0.25, -0.2) is 14.4 Å². The number of fused-ring (bicyclic) bond motifs is 2. The number of hydrogen-bond donors (Lipinski definition) is 2. The standard InChI is InChI=1S/C33H26Cl2FN5O2/c34-23-11-6-12-25(36)29(23)31-37-27-16-20(15-24(35)30(27)39-31)32(42)40-33-38-26-14-13-22(43-18-19-7-2-1-3-8-19)17-28(26)41(33)21-9-4-5-10-21/h1-3,6-8,11-17,21H,4-5,9-10,18H2,(H,37,39)(H,38,40,42). The molecule has 2 aromatic heterocycles. The van der Waals surface area contributed by atoms with Gasteiger partial charge in [0.25, 0.3) is 5.91 Å². The van der Waals surface area contributed by atoms with Gasteiger partial charge in [-0.3, -0.25) is 10.1 Å². The highest BCUT2D eigenvalue weighted by molar-refractivity contribution is 6.36. The van der Waals surface area contributed by atoms with Gasteiger partial charge in [-0.05, 0) is 54.8 Å². The number of aromatic amines is 1. The molecule has 2 heterocycles. The van der Waals surface area contributed by atoms with E-state index in [2.05, 4.69) is 19.9 Å². The zero-order valence-corrected chi connectivity index (χ0v) is 24.4. The van der Waals surface area contributed by atoms with E-state index in [1.54, 1.807) is 18.2 Å². The number of rotatable bonds is 7. The number of carbonyl (C=O) groups excluding carboxylic acids is 1. The molecular weight excluding hydrogens is 588 g/mol. The monoisotopic (exact) mass is 613 g/mol. The SMILES string of the molecule is O=C(Nc1nc2ccc(OCc3ccccc3)cc2n1C1CCCC1)c1cc(Cl)c2nc(-c3c(F)cccc3Cl)[nH]c2c1. The first-order chi connectivity index (χ1) is 20.9. The van der Waals surface area contributed by atoms with Crippen LogP contribution in [0.1, 0.15) is 47.6 Å². The summed E-state index contributed by atoms with van der Waals surface area (Å²) in [6.07, 6.45) is 4.22. The molecule has 7 rings (SSSR count). The molecule has 6 aromatic rings. The average molecular weight is 615 g/mol. The molecule has 0 spiro atoms. The molecule has 1 aliphatic carbocycles. The number of amides is 1. The van der Waals surface area contributed by atoms with Gasteiger partial charge in [0, 0.05) is 17.7 Å². The lowest BCUT2D eigenvalue weighted by Gasteiger charge is -2.17. The van der Waals surface area contributed by atoms with Crippen molar-refractivity contribution in [1.29, 1.82) is 0 Å². The first kappa shape index (κ1) is 27.4. The normalized spacial score (nSPS) is 13.7. The molecule has 4 aromatic carbocycles. The topological polar surface area (TPSA) is 84.8 Å². The number of anilines is 1. The number of nitrogens with one attached hydrogen (secondary N) is 2. The molecule has 1 amide bonds. The van der Waals surface area contributed by atoms with Crippen molar-refractivity contribution in [1.82, 2.24) is 19.5 Å². The van der Waals surface area contributed by atoms with Crippen molar-refractivity contribution in [2.45, 2.75) is 38.3 Å². The molecule has 0 aliphatic heterocycles. The van der Waals surface area contributed by atoms with E-state index in [4.69, 9.17) is 32.9 Å². The second kappa shape index (κ2) is 11.4. The van der Waals surface area contributed by atoms with Gasteiger partial charge in [-0.2, -0.15) is 0 Å². The van der Waals surface area contributed by atoms with Gasteiger partial charge in [0.05, 0.1) is 32.2 Å². The van der Waals surface area contributed by atoms with Gasteiger partial charge in [-0.1, -0.05) is 72.4 Å². The van der Waals surface area contributed by atoms with Gasteiger partial charge in [-0.15, -0.1) is 0 Å². The number of carbonyl (C=O) groups is 1. The Labute approximate surface area is 256 Å². The maximum Gasteiger partial charge on any atom is 0.258 e. The van der Waals surface area contributed by atoms with Gasteiger partial charge >= 0.3 is 0 Å². The van der Waals surface area contributed by atoms with E-state index in [1.165, 1.54) is 12.1 Å². The third-order valence-electron chi connectivity index (χ3n) is 7.83. The van der Waals surface area contributed by atoms with E-state index in [-0.39, 0.29) is 33.4 Å². The second-order valence-electron chi connectivity index (χ2n) is 10.7. The quantitative estimate of drug-likeness (QED) is 0.188. The smallest absolute Gasteiger partial charge is 0.258 e. The largest absolute Gasteiger partial charge is 0.489 e. The number of aromatic nitrogens is 4. The van der Waals surface area contributed by atoms with Crippen LogP contribution in [-0.4, -0.2) is 25.4 Å². The summed E-state index contributed by atoms with van der Waals surface area (Å²) < 4.78 is 22.8. The van der Waals surface area contributed by atoms with Crippen LogP contribution in [0, 0.1) is 5.82 Å². The Hall–Kier alpha value is -4.40. The molecule has 10 heteroatoms. The van der Waals surface area contributed by atoms with E-state index in [1.807, 2.05) is 48.5 Å². The van der Waals surface area contributed by atoms with E-state index in [9.17, 15) is 9.18 Å². The second-order valence-corrected chi connectivity index (χ2v) is 11.5. The molecule has 1 aliphatic rings. The summed E-state index contributed by atoms with van der Waals surface area (Å²) in [5, 5.41) is 3.48. The number of imidazole rings is 2. The van der Waals surface area contributed by atoms with Crippen LogP contribution in [-0.2, 0) is 6.61 Å². The predicted molar refractivity (Wildman–Crippen MR) is 167 cm³/mol. The summed E-state index contributed by atoms with van der Waals surface area (Å²) in [5.41, 5.74) is 4.09. The first-order valence-corrected chi connectivity index (χ1v) is 14.8. The van der Waals surface area contributed by atoms with Crippen molar-refractivity contribution in [3.63, 3.8) is 0 Å². The number of halogens is 3. The average Bonchev–Trinajstić information content (AvgIpc) is 3.75. The van der Waals surface area contributed by atoms with Gasteiger partial charge in [0.1, 0.15) is 29.5 Å². The zero-order chi connectivity index (χ0) is 29.5. The molecule has 7 nitrogen and oxygen atoms in total. The van der Waals surface area contributed by atoms with Crippen molar-refractivity contribution in [3.05, 3.63) is 106 Å². The van der Waals surface area contributed by atoms with Crippen molar-refractivity contribution in [2.24, 2.45) is 0 Å². The number of ether oxygens (including phenoxy) is 1. The minimum atomic E-state index is -0.514. The molecule has 1 fully saturated rings. The fourth-order valence-electron chi connectivity index (χ4n) is 5.75. The van der Waals surface area contributed by atoms with Gasteiger partial charge in [0.2, 0.25) is 5.95 Å². The van der Waals surface area contributed by atoms with E-state index < -0.39 is 5.82 Å². The lowest BCUT2D eigenvalue weighted by Crippen LogP contribution is -2.17. The molecule has 0 bridgehead atoms. The summed E-state index contributed by atoms with van der Waals surface area (Å²) in [6.45, 7) is 0.454.